The Morgan fingerprint density at radius 1 is 1.28 bits per heavy atom. The van der Waals surface area contributed by atoms with Crippen LogP contribution in [0.15, 0.2) is 29.3 Å². The maximum absolute atomic E-state index is 12.5. The second kappa shape index (κ2) is 7.44. The largest absolute Gasteiger partial charge is 0.368 e. The van der Waals surface area contributed by atoms with Gasteiger partial charge in [0.1, 0.15) is 11.2 Å². The van der Waals surface area contributed by atoms with Crippen molar-refractivity contribution >= 4 is 28.4 Å². The number of rotatable bonds is 4. The molecule has 0 aliphatic carbocycles. The Morgan fingerprint density at radius 2 is 2.10 bits per heavy atom. The summed E-state index contributed by atoms with van der Waals surface area (Å²) < 4.78 is 0. The topological polar surface area (TPSA) is 98.8 Å². The molecule has 3 aromatic heterocycles. The molecule has 29 heavy (non-hydrogen) atoms. The Morgan fingerprint density at radius 3 is 2.90 bits per heavy atom. The molecule has 3 N–H and O–H groups in total. The third-order valence-electron chi connectivity index (χ3n) is 4.93. The number of fused-ring (bicyclic) bond motifs is 2. The van der Waals surface area contributed by atoms with Gasteiger partial charge in [-0.05, 0) is 30.2 Å². The summed E-state index contributed by atoms with van der Waals surface area (Å²) in [6.45, 7) is 9.00. The van der Waals surface area contributed by atoms with Gasteiger partial charge in [-0.3, -0.25) is 4.79 Å². The molecule has 152 valence electrons. The summed E-state index contributed by atoms with van der Waals surface area (Å²) in [7, 11) is 2.08. The van der Waals surface area contributed by atoms with E-state index in [1.165, 1.54) is 0 Å². The summed E-state index contributed by atoms with van der Waals surface area (Å²) in [5.41, 5.74) is 3.26. The molecular weight excluding hydrogens is 366 g/mol. The highest BCUT2D eigenvalue weighted by molar-refractivity contribution is 5.88. The fourth-order valence-corrected chi connectivity index (χ4v) is 3.36. The molecule has 1 aliphatic rings. The Kier molecular flexibility index (Phi) is 4.96. The van der Waals surface area contributed by atoms with E-state index in [-0.39, 0.29) is 11.0 Å². The molecule has 0 radical (unpaired) electrons. The fourth-order valence-electron chi connectivity index (χ4n) is 3.36. The lowest BCUT2D eigenvalue weighted by Gasteiger charge is -2.24. The van der Waals surface area contributed by atoms with Crippen LogP contribution >= 0.6 is 0 Å². The first-order valence-electron chi connectivity index (χ1n) is 9.85. The number of hydrogen-bond donors (Lipinski definition) is 3. The molecule has 0 atom stereocenters. The van der Waals surface area contributed by atoms with Crippen molar-refractivity contribution in [1.82, 2.24) is 24.8 Å². The number of nitrogens with zero attached hydrogens (tertiary/aromatic N) is 4. The first kappa shape index (κ1) is 19.3. The van der Waals surface area contributed by atoms with Crippen molar-refractivity contribution in [2.24, 2.45) is 5.41 Å². The van der Waals surface area contributed by atoms with Gasteiger partial charge in [-0.25, -0.2) is 15.0 Å². The van der Waals surface area contributed by atoms with Crippen LogP contribution in [0, 0.1) is 5.41 Å². The predicted molar refractivity (Wildman–Crippen MR) is 116 cm³/mol. The van der Waals surface area contributed by atoms with Gasteiger partial charge in [-0.1, -0.05) is 20.8 Å². The standard InChI is InChI=1S/C21H27N7O/c1-21(2,3)12-24-18-17-13(5-7-22-18)10-23-20(27-17)26-16-9-14-11-28(4)8-6-15(14)25-19(16)29/h5,7,9-10H,6,8,11-12H2,1-4H3,(H,22,24)(H,25,29)(H,23,26,27). The molecule has 8 heteroatoms. The Balaban J connectivity index is 1.65. The Labute approximate surface area is 169 Å². The summed E-state index contributed by atoms with van der Waals surface area (Å²) in [5, 5.41) is 7.35. The summed E-state index contributed by atoms with van der Waals surface area (Å²) in [6.07, 6.45) is 4.34. The molecule has 0 unspecified atom stereocenters. The van der Waals surface area contributed by atoms with Gasteiger partial charge in [-0.2, -0.15) is 0 Å². The molecule has 0 saturated carbocycles. The maximum atomic E-state index is 12.5. The highest BCUT2D eigenvalue weighted by Gasteiger charge is 2.17. The normalized spacial score (nSPS) is 14.6. The van der Waals surface area contributed by atoms with Gasteiger partial charge < -0.3 is 20.5 Å². The first-order valence-corrected chi connectivity index (χ1v) is 9.85. The maximum Gasteiger partial charge on any atom is 0.271 e. The fraction of sp³-hybridized carbons (Fsp3) is 0.429. The number of aromatic amines is 1. The van der Waals surface area contributed by atoms with Crippen LogP contribution in [0.25, 0.3) is 10.9 Å². The second-order valence-electron chi connectivity index (χ2n) is 8.83. The van der Waals surface area contributed by atoms with Crippen LogP contribution in [0.3, 0.4) is 0 Å². The van der Waals surface area contributed by atoms with Gasteiger partial charge in [0.2, 0.25) is 5.95 Å². The van der Waals surface area contributed by atoms with Crippen LogP contribution in [0.5, 0.6) is 0 Å². The van der Waals surface area contributed by atoms with Crippen molar-refractivity contribution in [2.45, 2.75) is 33.7 Å². The van der Waals surface area contributed by atoms with Gasteiger partial charge in [0.25, 0.3) is 5.56 Å². The van der Waals surface area contributed by atoms with Crippen LogP contribution in [0.4, 0.5) is 17.5 Å². The van der Waals surface area contributed by atoms with E-state index in [9.17, 15) is 4.79 Å². The molecule has 1 aliphatic heterocycles. The molecule has 3 aromatic rings. The third kappa shape index (κ3) is 4.37. The lowest BCUT2D eigenvalue weighted by Crippen LogP contribution is -2.29. The molecule has 4 heterocycles. The molecule has 0 aromatic carbocycles. The molecule has 0 spiro atoms. The minimum Gasteiger partial charge on any atom is -0.368 e. The Hall–Kier alpha value is -3.00. The van der Waals surface area contributed by atoms with Crippen LogP contribution in [-0.4, -0.2) is 45.0 Å². The van der Waals surface area contributed by atoms with Crippen molar-refractivity contribution in [3.63, 3.8) is 0 Å². The van der Waals surface area contributed by atoms with Gasteiger partial charge in [0, 0.05) is 49.5 Å². The van der Waals surface area contributed by atoms with E-state index in [0.717, 1.165) is 48.2 Å². The quantitative estimate of drug-likeness (QED) is 0.627. The van der Waals surface area contributed by atoms with Crippen molar-refractivity contribution in [1.29, 1.82) is 0 Å². The van der Waals surface area contributed by atoms with E-state index >= 15 is 0 Å². The van der Waals surface area contributed by atoms with Gasteiger partial charge in [0.15, 0.2) is 5.82 Å². The minimum absolute atomic E-state index is 0.113. The number of anilines is 3. The predicted octanol–water partition coefficient (Wildman–Crippen LogP) is 2.90. The number of likely N-dealkylation sites (N-methyl/N-ethyl adjacent to an activating group) is 1. The highest BCUT2D eigenvalue weighted by atomic mass is 16.1. The Bertz CT molecular complexity index is 1100. The van der Waals surface area contributed by atoms with Crippen LogP contribution in [0.1, 0.15) is 32.0 Å². The minimum atomic E-state index is -0.158. The number of pyridine rings is 2. The van der Waals surface area contributed by atoms with E-state index in [1.807, 2.05) is 12.1 Å². The van der Waals surface area contributed by atoms with Crippen molar-refractivity contribution in [3.8, 4) is 0 Å². The van der Waals surface area contributed by atoms with E-state index in [0.29, 0.717) is 17.5 Å². The molecule has 0 bridgehead atoms. The molecular formula is C21H27N7O. The first-order chi connectivity index (χ1) is 13.8. The lowest BCUT2D eigenvalue weighted by atomic mass is 9.97. The lowest BCUT2D eigenvalue weighted by molar-refractivity contribution is 0.310. The van der Waals surface area contributed by atoms with Crippen LogP contribution in [0.2, 0.25) is 0 Å². The molecule has 0 amide bonds. The number of H-pyrrole nitrogens is 1. The zero-order valence-electron chi connectivity index (χ0n) is 17.3. The van der Waals surface area contributed by atoms with E-state index in [1.54, 1.807) is 12.4 Å². The average molecular weight is 393 g/mol. The van der Waals surface area contributed by atoms with Gasteiger partial charge in [-0.15, -0.1) is 0 Å². The van der Waals surface area contributed by atoms with Crippen molar-refractivity contribution in [2.75, 3.05) is 30.8 Å². The zero-order valence-corrected chi connectivity index (χ0v) is 17.3. The zero-order chi connectivity index (χ0) is 20.6. The van der Waals surface area contributed by atoms with Crippen LogP contribution < -0.4 is 16.2 Å². The second-order valence-corrected chi connectivity index (χ2v) is 8.83. The smallest absolute Gasteiger partial charge is 0.271 e. The third-order valence-corrected chi connectivity index (χ3v) is 4.93. The van der Waals surface area contributed by atoms with Crippen molar-refractivity contribution < 1.29 is 0 Å². The summed E-state index contributed by atoms with van der Waals surface area (Å²) in [5.74, 6) is 1.09. The summed E-state index contributed by atoms with van der Waals surface area (Å²) in [6, 6.07) is 3.78. The number of hydrogen-bond acceptors (Lipinski definition) is 7. The van der Waals surface area contributed by atoms with E-state index < -0.39 is 0 Å². The highest BCUT2D eigenvalue weighted by Crippen LogP contribution is 2.23. The number of aromatic nitrogens is 4. The molecule has 4 rings (SSSR count). The monoisotopic (exact) mass is 393 g/mol. The summed E-state index contributed by atoms with van der Waals surface area (Å²) in [4.78, 5) is 31.2. The summed E-state index contributed by atoms with van der Waals surface area (Å²) >= 11 is 0. The molecule has 8 nitrogen and oxygen atoms in total. The van der Waals surface area contributed by atoms with Crippen molar-refractivity contribution in [3.05, 3.63) is 46.1 Å². The van der Waals surface area contributed by atoms with E-state index in [4.69, 9.17) is 0 Å². The number of nitrogens with one attached hydrogen (secondary N) is 3. The molecule has 0 fully saturated rings. The van der Waals surface area contributed by atoms with Crippen LogP contribution in [-0.2, 0) is 13.0 Å². The van der Waals surface area contributed by atoms with Gasteiger partial charge >= 0.3 is 0 Å². The SMILES string of the molecule is CN1CCc2[nH]c(=O)c(Nc3ncc4ccnc(NCC(C)(C)C)c4n3)cc2C1. The van der Waals surface area contributed by atoms with E-state index in [2.05, 4.69) is 63.3 Å². The van der Waals surface area contributed by atoms with Gasteiger partial charge in [0.05, 0.1) is 0 Å². The molecule has 0 saturated heterocycles. The average Bonchev–Trinajstić information content (AvgIpc) is 2.66.